The molecule has 2 N–H and O–H groups in total. The van der Waals surface area contributed by atoms with Gasteiger partial charge in [-0.1, -0.05) is 0 Å². The SMILES string of the molecule is COc1ccc(SC(C)(C)CN)c(OC)c1. The van der Waals surface area contributed by atoms with E-state index in [1.807, 2.05) is 18.2 Å². The lowest BCUT2D eigenvalue weighted by Crippen LogP contribution is -2.26. The molecule has 1 aromatic carbocycles. The molecule has 0 unspecified atom stereocenters. The van der Waals surface area contributed by atoms with Crippen molar-refractivity contribution >= 4 is 11.8 Å². The van der Waals surface area contributed by atoms with Gasteiger partial charge in [0.1, 0.15) is 11.5 Å². The molecule has 4 heteroatoms. The van der Waals surface area contributed by atoms with Crippen molar-refractivity contribution in [3.8, 4) is 11.5 Å². The van der Waals surface area contributed by atoms with E-state index in [2.05, 4.69) is 13.8 Å². The molecule has 16 heavy (non-hydrogen) atoms. The minimum Gasteiger partial charge on any atom is -0.497 e. The van der Waals surface area contributed by atoms with Gasteiger partial charge in [0.05, 0.1) is 19.1 Å². The first kappa shape index (κ1) is 13.2. The maximum Gasteiger partial charge on any atom is 0.136 e. The van der Waals surface area contributed by atoms with Gasteiger partial charge in [0, 0.05) is 17.4 Å². The minimum absolute atomic E-state index is 0.00185. The van der Waals surface area contributed by atoms with Crippen molar-refractivity contribution in [2.45, 2.75) is 23.5 Å². The highest BCUT2D eigenvalue weighted by atomic mass is 32.2. The molecule has 90 valence electrons. The third-order valence-electron chi connectivity index (χ3n) is 2.25. The summed E-state index contributed by atoms with van der Waals surface area (Å²) in [6.45, 7) is 4.84. The van der Waals surface area contributed by atoms with Crippen LogP contribution in [0.2, 0.25) is 0 Å². The van der Waals surface area contributed by atoms with Crippen LogP contribution in [0.15, 0.2) is 23.1 Å². The Hall–Kier alpha value is -0.870. The largest absolute Gasteiger partial charge is 0.497 e. The van der Waals surface area contributed by atoms with Crippen LogP contribution < -0.4 is 15.2 Å². The lowest BCUT2D eigenvalue weighted by atomic mass is 10.2. The second-order valence-corrected chi connectivity index (χ2v) is 5.83. The number of benzene rings is 1. The Kier molecular flexibility index (Phi) is 4.50. The van der Waals surface area contributed by atoms with Gasteiger partial charge in [-0.25, -0.2) is 0 Å². The first-order chi connectivity index (χ1) is 7.52. The molecule has 0 aromatic heterocycles. The van der Waals surface area contributed by atoms with Gasteiger partial charge < -0.3 is 15.2 Å². The van der Waals surface area contributed by atoms with Crippen LogP contribution in [-0.4, -0.2) is 25.5 Å². The van der Waals surface area contributed by atoms with Gasteiger partial charge in [-0.2, -0.15) is 0 Å². The van der Waals surface area contributed by atoms with E-state index >= 15 is 0 Å². The van der Waals surface area contributed by atoms with Crippen molar-refractivity contribution in [3.05, 3.63) is 18.2 Å². The van der Waals surface area contributed by atoms with E-state index < -0.39 is 0 Å². The van der Waals surface area contributed by atoms with Crippen LogP contribution in [0, 0.1) is 0 Å². The Morgan fingerprint density at radius 2 is 1.94 bits per heavy atom. The van der Waals surface area contributed by atoms with Gasteiger partial charge in [0.25, 0.3) is 0 Å². The van der Waals surface area contributed by atoms with Crippen LogP contribution in [0.3, 0.4) is 0 Å². The third kappa shape index (κ3) is 3.32. The monoisotopic (exact) mass is 241 g/mol. The molecule has 0 saturated heterocycles. The maximum atomic E-state index is 5.72. The van der Waals surface area contributed by atoms with Crippen LogP contribution in [0.1, 0.15) is 13.8 Å². The number of hydrogen-bond donors (Lipinski definition) is 1. The van der Waals surface area contributed by atoms with Crippen LogP contribution in [0.25, 0.3) is 0 Å². The fourth-order valence-corrected chi connectivity index (χ4v) is 2.26. The van der Waals surface area contributed by atoms with E-state index in [1.54, 1.807) is 26.0 Å². The number of hydrogen-bond acceptors (Lipinski definition) is 4. The first-order valence-corrected chi connectivity index (χ1v) is 5.95. The van der Waals surface area contributed by atoms with E-state index in [4.69, 9.17) is 15.2 Å². The second-order valence-electron chi connectivity index (χ2n) is 4.08. The highest BCUT2D eigenvalue weighted by Crippen LogP contribution is 2.39. The molecule has 0 radical (unpaired) electrons. The molecule has 0 spiro atoms. The molecule has 1 aromatic rings. The molecule has 0 heterocycles. The zero-order valence-electron chi connectivity index (χ0n) is 10.2. The minimum atomic E-state index is 0.00185. The molecule has 0 aliphatic heterocycles. The van der Waals surface area contributed by atoms with Gasteiger partial charge >= 0.3 is 0 Å². The summed E-state index contributed by atoms with van der Waals surface area (Å²) in [5, 5.41) is 0. The molecule has 0 fully saturated rings. The highest BCUT2D eigenvalue weighted by molar-refractivity contribution is 8.00. The number of rotatable bonds is 5. The Morgan fingerprint density at radius 1 is 1.25 bits per heavy atom. The summed E-state index contributed by atoms with van der Waals surface area (Å²) in [4.78, 5) is 1.08. The van der Waals surface area contributed by atoms with E-state index in [-0.39, 0.29) is 4.75 Å². The van der Waals surface area contributed by atoms with Gasteiger partial charge in [-0.15, -0.1) is 11.8 Å². The predicted molar refractivity (Wildman–Crippen MR) is 68.5 cm³/mol. The summed E-state index contributed by atoms with van der Waals surface area (Å²) in [5.41, 5.74) is 5.72. The number of ether oxygens (including phenoxy) is 2. The van der Waals surface area contributed by atoms with E-state index in [9.17, 15) is 0 Å². The lowest BCUT2D eigenvalue weighted by Gasteiger charge is -2.22. The topological polar surface area (TPSA) is 44.5 Å². The van der Waals surface area contributed by atoms with Crippen LogP contribution >= 0.6 is 11.8 Å². The summed E-state index contributed by atoms with van der Waals surface area (Å²) in [7, 11) is 3.31. The Bertz CT molecular complexity index is 353. The molecule has 3 nitrogen and oxygen atoms in total. The second kappa shape index (κ2) is 5.46. The molecule has 1 rings (SSSR count). The first-order valence-electron chi connectivity index (χ1n) is 5.13. The number of nitrogens with two attached hydrogens (primary N) is 1. The highest BCUT2D eigenvalue weighted by Gasteiger charge is 2.19. The van der Waals surface area contributed by atoms with Crippen molar-refractivity contribution in [1.29, 1.82) is 0 Å². The molecule has 0 aliphatic rings. The predicted octanol–water partition coefficient (Wildman–Crippen LogP) is 2.53. The normalized spacial score (nSPS) is 11.3. The quantitative estimate of drug-likeness (QED) is 0.805. The average molecular weight is 241 g/mol. The van der Waals surface area contributed by atoms with Gasteiger partial charge in [0.15, 0.2) is 0 Å². The third-order valence-corrected chi connectivity index (χ3v) is 3.53. The molecule has 0 aliphatic carbocycles. The zero-order valence-corrected chi connectivity index (χ0v) is 11.1. The van der Waals surface area contributed by atoms with Crippen molar-refractivity contribution in [3.63, 3.8) is 0 Å². The van der Waals surface area contributed by atoms with E-state index in [1.165, 1.54) is 0 Å². The molecule has 0 amide bonds. The van der Waals surface area contributed by atoms with Gasteiger partial charge in [-0.05, 0) is 26.0 Å². The summed E-state index contributed by atoms with van der Waals surface area (Å²) in [6.07, 6.45) is 0. The average Bonchev–Trinajstić information content (AvgIpc) is 2.29. The van der Waals surface area contributed by atoms with Crippen molar-refractivity contribution < 1.29 is 9.47 Å². The fourth-order valence-electron chi connectivity index (χ4n) is 1.20. The number of thioether (sulfide) groups is 1. The molecule has 0 saturated carbocycles. The van der Waals surface area contributed by atoms with Crippen LogP contribution in [-0.2, 0) is 0 Å². The van der Waals surface area contributed by atoms with E-state index in [0.717, 1.165) is 16.4 Å². The Labute approximate surface area is 101 Å². The van der Waals surface area contributed by atoms with Gasteiger partial charge in [-0.3, -0.25) is 0 Å². The standard InChI is InChI=1S/C12H19NO2S/c1-12(2,8-13)16-11-6-5-9(14-3)7-10(11)15-4/h5-7H,8,13H2,1-4H3. The zero-order chi connectivity index (χ0) is 12.2. The summed E-state index contributed by atoms with van der Waals surface area (Å²) in [6, 6.07) is 5.81. The van der Waals surface area contributed by atoms with Crippen molar-refractivity contribution in [1.82, 2.24) is 0 Å². The Morgan fingerprint density at radius 3 is 2.44 bits per heavy atom. The van der Waals surface area contributed by atoms with Gasteiger partial charge in [0.2, 0.25) is 0 Å². The molecule has 0 atom stereocenters. The fraction of sp³-hybridized carbons (Fsp3) is 0.500. The summed E-state index contributed by atoms with van der Waals surface area (Å²) < 4.78 is 10.5. The smallest absolute Gasteiger partial charge is 0.136 e. The van der Waals surface area contributed by atoms with Crippen molar-refractivity contribution in [2.75, 3.05) is 20.8 Å². The summed E-state index contributed by atoms with van der Waals surface area (Å²) in [5.74, 6) is 1.62. The van der Waals surface area contributed by atoms with Crippen LogP contribution in [0.5, 0.6) is 11.5 Å². The van der Waals surface area contributed by atoms with Crippen LogP contribution in [0.4, 0.5) is 0 Å². The van der Waals surface area contributed by atoms with E-state index in [0.29, 0.717) is 6.54 Å². The molecule has 0 bridgehead atoms. The number of methoxy groups -OCH3 is 2. The summed E-state index contributed by atoms with van der Waals surface area (Å²) >= 11 is 1.71. The lowest BCUT2D eigenvalue weighted by molar-refractivity contribution is 0.387. The molecular formula is C12H19NO2S. The maximum absolute atomic E-state index is 5.72. The Balaban J connectivity index is 2.96. The van der Waals surface area contributed by atoms with Crippen molar-refractivity contribution in [2.24, 2.45) is 5.73 Å². The molecular weight excluding hydrogens is 222 g/mol.